The van der Waals surface area contributed by atoms with Gasteiger partial charge in [0.15, 0.2) is 14.9 Å². The molecule has 0 bridgehead atoms. The minimum Gasteiger partial charge on any atom is -0.358 e. The zero-order chi connectivity index (χ0) is 15.5. The summed E-state index contributed by atoms with van der Waals surface area (Å²) in [7, 11) is -2.97. The maximum atomic E-state index is 13.5. The molecular formula is C12H13ClFN3O2S2. The first-order chi connectivity index (χ1) is 9.87. The predicted molar refractivity (Wildman–Crippen MR) is 84.9 cm³/mol. The molecule has 0 unspecified atom stereocenters. The Morgan fingerprint density at radius 1 is 1.52 bits per heavy atom. The van der Waals surface area contributed by atoms with Crippen molar-refractivity contribution in [1.29, 1.82) is 0 Å². The van der Waals surface area contributed by atoms with Gasteiger partial charge in [-0.05, 0) is 30.8 Å². The van der Waals surface area contributed by atoms with Gasteiger partial charge in [-0.1, -0.05) is 17.7 Å². The van der Waals surface area contributed by atoms with Crippen LogP contribution in [0.1, 0.15) is 12.0 Å². The SMILES string of the molecule is O=S1(=O)CC[C@H](NC(=S)N/N=C\c2c(F)cccc2Cl)C1. The molecule has 0 spiro atoms. The van der Waals surface area contributed by atoms with Gasteiger partial charge in [0.1, 0.15) is 5.82 Å². The fourth-order valence-electron chi connectivity index (χ4n) is 1.92. The fraction of sp³-hybridized carbons (Fsp3) is 0.333. The highest BCUT2D eigenvalue weighted by Crippen LogP contribution is 2.16. The molecule has 1 aliphatic rings. The lowest BCUT2D eigenvalue weighted by Crippen LogP contribution is -2.40. The van der Waals surface area contributed by atoms with E-state index in [1.165, 1.54) is 18.3 Å². The summed E-state index contributed by atoms with van der Waals surface area (Å²) in [5.41, 5.74) is 2.66. The first kappa shape index (κ1) is 16.1. The van der Waals surface area contributed by atoms with Crippen molar-refractivity contribution in [3.63, 3.8) is 0 Å². The lowest BCUT2D eigenvalue weighted by Gasteiger charge is -2.12. The molecule has 1 heterocycles. The van der Waals surface area contributed by atoms with Crippen molar-refractivity contribution in [2.24, 2.45) is 5.10 Å². The van der Waals surface area contributed by atoms with Gasteiger partial charge >= 0.3 is 0 Å². The van der Waals surface area contributed by atoms with Gasteiger partial charge in [0.2, 0.25) is 0 Å². The van der Waals surface area contributed by atoms with Crippen molar-refractivity contribution < 1.29 is 12.8 Å². The molecule has 5 nitrogen and oxygen atoms in total. The Labute approximate surface area is 132 Å². The summed E-state index contributed by atoms with van der Waals surface area (Å²) in [4.78, 5) is 0. The average Bonchev–Trinajstić information content (AvgIpc) is 2.72. The van der Waals surface area contributed by atoms with Crippen LogP contribution in [0.15, 0.2) is 23.3 Å². The number of hydrogen-bond donors (Lipinski definition) is 2. The van der Waals surface area contributed by atoms with Crippen molar-refractivity contribution in [3.8, 4) is 0 Å². The molecule has 114 valence electrons. The Balaban J connectivity index is 1.88. The van der Waals surface area contributed by atoms with Crippen LogP contribution in [0.4, 0.5) is 4.39 Å². The van der Waals surface area contributed by atoms with Gasteiger partial charge in [-0.15, -0.1) is 0 Å². The highest BCUT2D eigenvalue weighted by molar-refractivity contribution is 7.91. The van der Waals surface area contributed by atoms with E-state index in [0.717, 1.165) is 0 Å². The summed E-state index contributed by atoms with van der Waals surface area (Å²) >= 11 is 10.8. The van der Waals surface area contributed by atoms with Crippen LogP contribution >= 0.6 is 23.8 Å². The molecular weight excluding hydrogens is 337 g/mol. The van der Waals surface area contributed by atoms with Crippen LogP contribution in [0.5, 0.6) is 0 Å². The number of nitrogens with one attached hydrogen (secondary N) is 2. The Hall–Kier alpha value is -1.25. The molecule has 2 rings (SSSR count). The predicted octanol–water partition coefficient (Wildman–Crippen LogP) is 1.46. The minimum absolute atomic E-state index is 0.0532. The second-order valence-corrected chi connectivity index (χ2v) is 7.62. The molecule has 1 saturated heterocycles. The number of rotatable bonds is 3. The number of hydrogen-bond acceptors (Lipinski definition) is 4. The van der Waals surface area contributed by atoms with Crippen molar-refractivity contribution in [2.45, 2.75) is 12.5 Å². The third kappa shape index (κ3) is 4.62. The fourth-order valence-corrected chi connectivity index (χ4v) is 4.02. The third-order valence-corrected chi connectivity index (χ3v) is 5.23. The number of benzene rings is 1. The van der Waals surface area contributed by atoms with Gasteiger partial charge in [0.05, 0.1) is 22.7 Å². The van der Waals surface area contributed by atoms with E-state index in [9.17, 15) is 12.8 Å². The maximum absolute atomic E-state index is 13.5. The molecule has 9 heteroatoms. The molecule has 0 saturated carbocycles. The number of sulfone groups is 1. The molecule has 21 heavy (non-hydrogen) atoms. The van der Waals surface area contributed by atoms with Crippen LogP contribution in [0.3, 0.4) is 0 Å². The number of halogens is 2. The Morgan fingerprint density at radius 3 is 2.90 bits per heavy atom. The van der Waals surface area contributed by atoms with Crippen LogP contribution in [0, 0.1) is 5.82 Å². The normalized spacial score (nSPS) is 20.6. The second-order valence-electron chi connectivity index (χ2n) is 4.58. The standard InChI is InChI=1S/C12H13ClFN3O2S2/c13-10-2-1-3-11(14)9(10)6-15-17-12(20)16-8-4-5-21(18,19)7-8/h1-3,6,8H,4-5,7H2,(H2,16,17,20)/b15-6-/t8-/m0/s1. The van der Waals surface area contributed by atoms with Crippen LogP contribution in [-0.4, -0.2) is 37.3 Å². The van der Waals surface area contributed by atoms with E-state index in [4.69, 9.17) is 23.8 Å². The quantitative estimate of drug-likeness (QED) is 0.491. The molecule has 1 atom stereocenters. The summed E-state index contributed by atoms with van der Waals surface area (Å²) in [6.07, 6.45) is 1.73. The number of nitrogens with zero attached hydrogens (tertiary/aromatic N) is 1. The summed E-state index contributed by atoms with van der Waals surface area (Å²) in [6.45, 7) is 0. The van der Waals surface area contributed by atoms with E-state index in [1.54, 1.807) is 6.07 Å². The van der Waals surface area contributed by atoms with E-state index in [0.29, 0.717) is 6.42 Å². The monoisotopic (exact) mass is 349 g/mol. The van der Waals surface area contributed by atoms with Gasteiger partial charge in [-0.25, -0.2) is 12.8 Å². The summed E-state index contributed by atoms with van der Waals surface area (Å²) in [5, 5.41) is 7.06. The zero-order valence-electron chi connectivity index (χ0n) is 10.8. The highest BCUT2D eigenvalue weighted by atomic mass is 35.5. The molecule has 0 radical (unpaired) electrons. The molecule has 0 aromatic heterocycles. The van der Waals surface area contributed by atoms with Crippen LogP contribution in [0.2, 0.25) is 5.02 Å². The van der Waals surface area contributed by atoms with Gasteiger partial charge in [0.25, 0.3) is 0 Å². The lowest BCUT2D eigenvalue weighted by atomic mass is 10.2. The van der Waals surface area contributed by atoms with E-state index in [2.05, 4.69) is 15.8 Å². The number of hydrazone groups is 1. The highest BCUT2D eigenvalue weighted by Gasteiger charge is 2.28. The van der Waals surface area contributed by atoms with Crippen molar-refractivity contribution in [3.05, 3.63) is 34.6 Å². The minimum atomic E-state index is -2.97. The van der Waals surface area contributed by atoms with E-state index in [1.807, 2.05) is 0 Å². The van der Waals surface area contributed by atoms with Gasteiger partial charge < -0.3 is 5.32 Å². The topological polar surface area (TPSA) is 70.6 Å². The van der Waals surface area contributed by atoms with E-state index >= 15 is 0 Å². The molecule has 1 aliphatic heterocycles. The smallest absolute Gasteiger partial charge is 0.187 e. The Bertz CT molecular complexity index is 659. The molecule has 1 aromatic rings. The summed E-state index contributed by atoms with van der Waals surface area (Å²) in [5.74, 6) is -0.284. The van der Waals surface area contributed by atoms with Gasteiger partial charge in [-0.2, -0.15) is 5.10 Å². The summed E-state index contributed by atoms with van der Waals surface area (Å²) in [6, 6.07) is 4.09. The van der Waals surface area contributed by atoms with Crippen molar-refractivity contribution in [2.75, 3.05) is 11.5 Å². The first-order valence-corrected chi connectivity index (χ1v) is 8.72. The maximum Gasteiger partial charge on any atom is 0.187 e. The van der Waals surface area contributed by atoms with Crippen molar-refractivity contribution >= 4 is 45.0 Å². The summed E-state index contributed by atoms with van der Waals surface area (Å²) < 4.78 is 36.1. The van der Waals surface area contributed by atoms with Gasteiger partial charge in [-0.3, -0.25) is 5.43 Å². The largest absolute Gasteiger partial charge is 0.358 e. The molecule has 2 N–H and O–H groups in total. The molecule has 0 aliphatic carbocycles. The van der Waals surface area contributed by atoms with E-state index < -0.39 is 15.7 Å². The first-order valence-electron chi connectivity index (χ1n) is 6.11. The number of thiocarbonyl (C=S) groups is 1. The molecule has 1 fully saturated rings. The van der Waals surface area contributed by atoms with Crippen LogP contribution in [0.25, 0.3) is 0 Å². The van der Waals surface area contributed by atoms with Crippen LogP contribution in [-0.2, 0) is 9.84 Å². The van der Waals surface area contributed by atoms with Crippen molar-refractivity contribution in [1.82, 2.24) is 10.7 Å². The third-order valence-electron chi connectivity index (χ3n) is 2.93. The Kier molecular flexibility index (Phi) is 5.13. The lowest BCUT2D eigenvalue weighted by molar-refractivity contribution is 0.600. The van der Waals surface area contributed by atoms with E-state index in [-0.39, 0.29) is 33.2 Å². The second kappa shape index (κ2) is 6.67. The zero-order valence-corrected chi connectivity index (χ0v) is 13.2. The van der Waals surface area contributed by atoms with Crippen LogP contribution < -0.4 is 10.7 Å². The molecule has 0 amide bonds. The average molecular weight is 350 g/mol. The Morgan fingerprint density at radius 2 is 2.29 bits per heavy atom. The molecule has 1 aromatic carbocycles. The van der Waals surface area contributed by atoms with Gasteiger partial charge in [0, 0.05) is 11.6 Å².